The van der Waals surface area contributed by atoms with Crippen molar-refractivity contribution in [3.05, 3.63) is 54.4 Å². The molecule has 0 bridgehead atoms. The largest absolute Gasteiger partial charge is 0.290 e. The van der Waals surface area contributed by atoms with Gasteiger partial charge in [-0.15, -0.1) is 0 Å². The van der Waals surface area contributed by atoms with Gasteiger partial charge in [-0.1, -0.05) is 24.8 Å². The molecule has 0 unspecified atom stereocenters. The van der Waals surface area contributed by atoms with Crippen LogP contribution in [0.4, 0.5) is 4.39 Å². The Kier molecular flexibility index (Phi) is 3.15. The Hall–Kier alpha value is -1.70. The van der Waals surface area contributed by atoms with Gasteiger partial charge in [0, 0.05) is 5.56 Å². The van der Waals surface area contributed by atoms with Crippen molar-refractivity contribution in [2.75, 3.05) is 0 Å². The molecular formula is C11H9FO. The molecule has 0 aliphatic heterocycles. The van der Waals surface area contributed by atoms with Crippen molar-refractivity contribution in [1.29, 1.82) is 0 Å². The average Bonchev–Trinajstić information content (AvgIpc) is 2.16. The summed E-state index contributed by atoms with van der Waals surface area (Å²) >= 11 is 0. The summed E-state index contributed by atoms with van der Waals surface area (Å²) in [4.78, 5) is 10.8. The Bertz CT molecular complexity index is 353. The predicted molar refractivity (Wildman–Crippen MR) is 50.6 cm³/mol. The summed E-state index contributed by atoms with van der Waals surface area (Å²) in [5, 5.41) is 0. The number of halogens is 1. The van der Waals surface area contributed by atoms with Crippen molar-refractivity contribution in [2.24, 2.45) is 0 Å². The molecule has 13 heavy (non-hydrogen) atoms. The maximum Gasteiger partial charge on any atom is 0.178 e. The van der Waals surface area contributed by atoms with E-state index in [9.17, 15) is 9.18 Å². The van der Waals surface area contributed by atoms with E-state index in [1.807, 2.05) is 0 Å². The van der Waals surface area contributed by atoms with Gasteiger partial charge in [0.25, 0.3) is 0 Å². The molecule has 0 saturated heterocycles. The predicted octanol–water partition coefficient (Wildman–Crippen LogP) is 2.59. The van der Waals surface area contributed by atoms with E-state index in [1.165, 1.54) is 24.3 Å². The number of hydrogen-bond donors (Lipinski definition) is 0. The van der Waals surface area contributed by atoms with Gasteiger partial charge in [0.1, 0.15) is 5.82 Å². The number of carbonyl (C=O) groups excluding carboxylic acids is 1. The van der Waals surface area contributed by atoms with Crippen molar-refractivity contribution in [3.8, 4) is 0 Å². The molecule has 0 atom stereocenters. The zero-order chi connectivity index (χ0) is 9.68. The SMILES string of the molecule is C=CC(=O)/C=C/c1ccccc1F. The van der Waals surface area contributed by atoms with Crippen LogP contribution in [0.2, 0.25) is 0 Å². The highest BCUT2D eigenvalue weighted by atomic mass is 19.1. The van der Waals surface area contributed by atoms with Gasteiger partial charge in [0.2, 0.25) is 0 Å². The van der Waals surface area contributed by atoms with Crippen LogP contribution in [0.25, 0.3) is 6.08 Å². The minimum Gasteiger partial charge on any atom is -0.290 e. The van der Waals surface area contributed by atoms with Crippen LogP contribution >= 0.6 is 0 Å². The van der Waals surface area contributed by atoms with Gasteiger partial charge >= 0.3 is 0 Å². The lowest BCUT2D eigenvalue weighted by Crippen LogP contribution is -1.84. The first-order valence-corrected chi connectivity index (χ1v) is 3.83. The van der Waals surface area contributed by atoms with E-state index in [0.717, 1.165) is 0 Å². The van der Waals surface area contributed by atoms with Crippen LogP contribution in [0.5, 0.6) is 0 Å². The number of ketones is 1. The molecule has 0 aromatic heterocycles. The average molecular weight is 176 g/mol. The van der Waals surface area contributed by atoms with Gasteiger partial charge in [0.05, 0.1) is 0 Å². The third kappa shape index (κ3) is 2.67. The number of hydrogen-bond acceptors (Lipinski definition) is 1. The molecule has 0 N–H and O–H groups in total. The highest BCUT2D eigenvalue weighted by Crippen LogP contribution is 2.07. The number of carbonyl (C=O) groups is 1. The topological polar surface area (TPSA) is 17.1 Å². The van der Waals surface area contributed by atoms with Crippen LogP contribution in [0.1, 0.15) is 5.56 Å². The Balaban J connectivity index is 2.85. The van der Waals surface area contributed by atoms with E-state index >= 15 is 0 Å². The fraction of sp³-hybridized carbons (Fsp3) is 0. The number of rotatable bonds is 3. The fourth-order valence-corrected chi connectivity index (χ4v) is 0.850. The van der Waals surface area contributed by atoms with Crippen molar-refractivity contribution >= 4 is 11.9 Å². The lowest BCUT2D eigenvalue weighted by Gasteiger charge is -1.93. The van der Waals surface area contributed by atoms with Crippen LogP contribution in [-0.2, 0) is 4.79 Å². The fourth-order valence-electron chi connectivity index (χ4n) is 0.850. The van der Waals surface area contributed by atoms with Crippen LogP contribution in [0.3, 0.4) is 0 Å². The summed E-state index contributed by atoms with van der Waals surface area (Å²) in [7, 11) is 0. The third-order valence-electron chi connectivity index (χ3n) is 1.53. The van der Waals surface area contributed by atoms with E-state index in [4.69, 9.17) is 0 Å². The summed E-state index contributed by atoms with van der Waals surface area (Å²) < 4.78 is 13.0. The molecule has 0 saturated carbocycles. The molecule has 1 rings (SSSR count). The minimum atomic E-state index is -0.337. The molecule has 0 spiro atoms. The number of allylic oxidation sites excluding steroid dienone is 2. The molecule has 1 nitrogen and oxygen atoms in total. The normalized spacial score (nSPS) is 10.2. The van der Waals surface area contributed by atoms with Crippen molar-refractivity contribution in [3.63, 3.8) is 0 Å². The molecule has 0 aliphatic carbocycles. The molecule has 0 aliphatic rings. The van der Waals surface area contributed by atoms with Crippen LogP contribution in [0, 0.1) is 5.82 Å². The first-order chi connectivity index (χ1) is 6.24. The van der Waals surface area contributed by atoms with Crippen molar-refractivity contribution < 1.29 is 9.18 Å². The first-order valence-electron chi connectivity index (χ1n) is 3.83. The maximum atomic E-state index is 13.0. The number of benzene rings is 1. The zero-order valence-corrected chi connectivity index (χ0v) is 7.03. The summed E-state index contributed by atoms with van der Waals surface area (Å²) in [6.45, 7) is 3.30. The summed E-state index contributed by atoms with van der Waals surface area (Å²) in [5.74, 6) is -0.570. The summed E-state index contributed by atoms with van der Waals surface area (Å²) in [5.41, 5.74) is 0.401. The Morgan fingerprint density at radius 2 is 2.08 bits per heavy atom. The van der Waals surface area contributed by atoms with Crippen molar-refractivity contribution in [1.82, 2.24) is 0 Å². The smallest absolute Gasteiger partial charge is 0.178 e. The van der Waals surface area contributed by atoms with Gasteiger partial charge < -0.3 is 0 Å². The Morgan fingerprint density at radius 3 is 2.69 bits per heavy atom. The minimum absolute atomic E-state index is 0.233. The van der Waals surface area contributed by atoms with Gasteiger partial charge in [-0.25, -0.2) is 4.39 Å². The maximum absolute atomic E-state index is 13.0. The molecule has 0 fully saturated rings. The first kappa shape index (κ1) is 9.39. The van der Waals surface area contributed by atoms with Gasteiger partial charge in [-0.3, -0.25) is 4.79 Å². The lowest BCUT2D eigenvalue weighted by atomic mass is 10.2. The third-order valence-corrected chi connectivity index (χ3v) is 1.53. The second-order valence-corrected chi connectivity index (χ2v) is 2.46. The van der Waals surface area contributed by atoms with Gasteiger partial charge in [-0.05, 0) is 24.3 Å². The lowest BCUT2D eigenvalue weighted by molar-refractivity contribution is -0.110. The van der Waals surface area contributed by atoms with E-state index in [0.29, 0.717) is 5.56 Å². The quantitative estimate of drug-likeness (QED) is 0.647. The van der Waals surface area contributed by atoms with Crippen LogP contribution in [0.15, 0.2) is 43.0 Å². The van der Waals surface area contributed by atoms with E-state index < -0.39 is 0 Å². The highest BCUT2D eigenvalue weighted by molar-refractivity contribution is 6.01. The van der Waals surface area contributed by atoms with Crippen LogP contribution < -0.4 is 0 Å². The second-order valence-electron chi connectivity index (χ2n) is 2.46. The Morgan fingerprint density at radius 1 is 1.38 bits per heavy atom. The molecule has 0 amide bonds. The molecule has 2 heteroatoms. The molecule has 1 aromatic carbocycles. The molecule has 0 radical (unpaired) electrons. The van der Waals surface area contributed by atoms with Crippen molar-refractivity contribution in [2.45, 2.75) is 0 Å². The van der Waals surface area contributed by atoms with E-state index in [2.05, 4.69) is 6.58 Å². The summed E-state index contributed by atoms with van der Waals surface area (Å²) in [6, 6.07) is 6.25. The van der Waals surface area contributed by atoms with E-state index in [-0.39, 0.29) is 11.6 Å². The van der Waals surface area contributed by atoms with Gasteiger partial charge in [-0.2, -0.15) is 0 Å². The van der Waals surface area contributed by atoms with Crippen LogP contribution in [-0.4, -0.2) is 5.78 Å². The molecule has 1 aromatic rings. The molecule has 66 valence electrons. The zero-order valence-electron chi connectivity index (χ0n) is 7.03. The van der Waals surface area contributed by atoms with E-state index in [1.54, 1.807) is 18.2 Å². The van der Waals surface area contributed by atoms with Gasteiger partial charge in [0.15, 0.2) is 5.78 Å². The standard InChI is InChI=1S/C11H9FO/c1-2-10(13)8-7-9-5-3-4-6-11(9)12/h2-8H,1H2/b8-7+. The second kappa shape index (κ2) is 4.36. The molecule has 0 heterocycles. The monoisotopic (exact) mass is 176 g/mol. The Labute approximate surface area is 76.2 Å². The molecular weight excluding hydrogens is 167 g/mol. The highest BCUT2D eigenvalue weighted by Gasteiger charge is 1.95. The summed E-state index contributed by atoms with van der Waals surface area (Å²) in [6.07, 6.45) is 3.89.